The molecule has 0 aliphatic carbocycles. The first kappa shape index (κ1) is 10.5. The topological polar surface area (TPSA) is 98.0 Å². The second-order valence-electron chi connectivity index (χ2n) is 2.21. The van der Waals surface area contributed by atoms with Crippen molar-refractivity contribution in [1.82, 2.24) is 0 Å². The predicted molar refractivity (Wildman–Crippen MR) is 35.3 cm³/mol. The van der Waals surface area contributed by atoms with Crippen LogP contribution in [0.4, 0.5) is 0 Å². The molecule has 0 unspecified atom stereocenters. The van der Waals surface area contributed by atoms with E-state index in [4.69, 9.17) is 20.4 Å². The molecule has 0 aromatic carbocycles. The van der Waals surface area contributed by atoms with Gasteiger partial charge >= 0.3 is 0 Å². The number of Topliss-reactive ketones (excluding diaryl/α,β-unsaturated/α-hetero) is 1. The minimum absolute atomic E-state index is 0.0463. The van der Waals surface area contributed by atoms with Crippen molar-refractivity contribution in [1.29, 1.82) is 0 Å². The third-order valence-electron chi connectivity index (χ3n) is 1.17. The molecule has 0 heterocycles. The lowest BCUT2D eigenvalue weighted by Crippen LogP contribution is -2.19. The van der Waals surface area contributed by atoms with E-state index in [-0.39, 0.29) is 19.3 Å². The summed E-state index contributed by atoms with van der Waals surface area (Å²) in [4.78, 5) is 10.5. The Hall–Kier alpha value is -0.490. The van der Waals surface area contributed by atoms with Gasteiger partial charge in [0.05, 0.1) is 0 Å². The maximum Gasteiger partial charge on any atom is 0.212 e. The number of rotatable bonds is 5. The largest absolute Gasteiger partial charge is 0.368 e. The summed E-state index contributed by atoms with van der Waals surface area (Å²) in [5.74, 6) is -0.703. The average Bonchev–Trinajstić information content (AvgIpc) is 1.86. The van der Waals surface area contributed by atoms with Gasteiger partial charge in [0.25, 0.3) is 0 Å². The van der Waals surface area contributed by atoms with Crippen LogP contribution in [0.25, 0.3) is 0 Å². The first-order valence-corrected chi connectivity index (χ1v) is 3.29. The number of ketones is 1. The highest BCUT2D eigenvalue weighted by molar-refractivity contribution is 5.81. The van der Waals surface area contributed by atoms with E-state index >= 15 is 0 Å². The van der Waals surface area contributed by atoms with Gasteiger partial charge in [0.2, 0.25) is 6.29 Å². The van der Waals surface area contributed by atoms with Crippen molar-refractivity contribution in [3.05, 3.63) is 0 Å². The number of hydrogen-bond donors (Lipinski definition) is 4. The zero-order chi connectivity index (χ0) is 8.85. The highest BCUT2D eigenvalue weighted by atomic mass is 16.5. The lowest BCUT2D eigenvalue weighted by Gasteiger charge is -2.03. The van der Waals surface area contributed by atoms with Gasteiger partial charge in [-0.25, -0.2) is 0 Å². The Morgan fingerprint density at radius 1 is 1.18 bits per heavy atom. The van der Waals surface area contributed by atoms with Crippen molar-refractivity contribution in [2.45, 2.75) is 31.8 Å². The lowest BCUT2D eigenvalue weighted by atomic mass is 10.1. The molecule has 0 aliphatic rings. The second kappa shape index (κ2) is 5.20. The molecule has 11 heavy (non-hydrogen) atoms. The van der Waals surface area contributed by atoms with E-state index in [1.54, 1.807) is 0 Å². The molecule has 0 fully saturated rings. The fourth-order valence-electron chi connectivity index (χ4n) is 0.588. The Bertz CT molecular complexity index is 120. The van der Waals surface area contributed by atoms with Gasteiger partial charge in [0, 0.05) is 6.42 Å². The van der Waals surface area contributed by atoms with E-state index in [1.165, 1.54) is 0 Å². The van der Waals surface area contributed by atoms with Gasteiger partial charge in [-0.3, -0.25) is 4.79 Å². The Labute approximate surface area is 63.9 Å². The smallest absolute Gasteiger partial charge is 0.212 e. The van der Waals surface area contributed by atoms with Gasteiger partial charge in [0.1, 0.15) is 0 Å². The Kier molecular flexibility index (Phi) is 4.97. The van der Waals surface area contributed by atoms with E-state index in [0.29, 0.717) is 0 Å². The zero-order valence-corrected chi connectivity index (χ0v) is 5.97. The van der Waals surface area contributed by atoms with Crippen LogP contribution in [-0.4, -0.2) is 38.8 Å². The quantitative estimate of drug-likeness (QED) is 0.365. The van der Waals surface area contributed by atoms with E-state index in [9.17, 15) is 4.79 Å². The monoisotopic (exact) mass is 164 g/mol. The maximum atomic E-state index is 10.5. The number of aliphatic hydroxyl groups excluding tert-OH is 2. The normalized spacial score (nSPS) is 11.1. The molecule has 0 bridgehead atoms. The van der Waals surface area contributed by atoms with Crippen molar-refractivity contribution in [2.75, 3.05) is 0 Å². The van der Waals surface area contributed by atoms with Gasteiger partial charge in [0.15, 0.2) is 12.1 Å². The number of aliphatic hydroxyl groups is 4. The number of carbonyl (C=O) groups excluding carboxylic acids is 1. The highest BCUT2D eigenvalue weighted by Gasteiger charge is 2.10. The molecule has 0 atom stereocenters. The van der Waals surface area contributed by atoms with Crippen molar-refractivity contribution >= 4 is 5.78 Å². The summed E-state index contributed by atoms with van der Waals surface area (Å²) in [5.41, 5.74) is 0. The van der Waals surface area contributed by atoms with Crippen LogP contribution < -0.4 is 0 Å². The maximum absolute atomic E-state index is 10.5. The average molecular weight is 164 g/mol. The molecule has 0 radical (unpaired) electrons. The Balaban J connectivity index is 3.32. The van der Waals surface area contributed by atoms with E-state index < -0.39 is 18.4 Å². The van der Waals surface area contributed by atoms with Crippen molar-refractivity contribution in [2.24, 2.45) is 0 Å². The van der Waals surface area contributed by atoms with Crippen LogP contribution >= 0.6 is 0 Å². The predicted octanol–water partition coefficient (Wildman–Crippen LogP) is -1.65. The van der Waals surface area contributed by atoms with Gasteiger partial charge in [-0.05, 0) is 12.8 Å². The van der Waals surface area contributed by atoms with Gasteiger partial charge in [-0.2, -0.15) is 0 Å². The second-order valence-corrected chi connectivity index (χ2v) is 2.21. The van der Waals surface area contributed by atoms with Crippen LogP contribution in [0.2, 0.25) is 0 Å². The molecular formula is C6H12O5. The minimum Gasteiger partial charge on any atom is -0.368 e. The molecule has 0 aromatic heterocycles. The van der Waals surface area contributed by atoms with Crippen LogP contribution in [0.1, 0.15) is 19.3 Å². The summed E-state index contributed by atoms with van der Waals surface area (Å²) < 4.78 is 0. The summed E-state index contributed by atoms with van der Waals surface area (Å²) >= 11 is 0. The summed E-state index contributed by atoms with van der Waals surface area (Å²) in [6.07, 6.45) is -3.11. The first-order valence-electron chi connectivity index (χ1n) is 3.29. The third kappa shape index (κ3) is 5.93. The highest BCUT2D eigenvalue weighted by Crippen LogP contribution is 2.00. The van der Waals surface area contributed by atoms with E-state index in [0.717, 1.165) is 0 Å². The molecule has 0 saturated carbocycles. The molecule has 4 N–H and O–H groups in total. The van der Waals surface area contributed by atoms with Crippen molar-refractivity contribution in [3.8, 4) is 0 Å². The number of hydrogen-bond acceptors (Lipinski definition) is 5. The lowest BCUT2D eigenvalue weighted by molar-refractivity contribution is -0.145. The molecule has 0 spiro atoms. The molecule has 5 nitrogen and oxygen atoms in total. The molecule has 0 saturated heterocycles. The van der Waals surface area contributed by atoms with Gasteiger partial charge in [-0.15, -0.1) is 0 Å². The van der Waals surface area contributed by atoms with Gasteiger partial charge in [-0.1, -0.05) is 0 Å². The van der Waals surface area contributed by atoms with E-state index in [2.05, 4.69) is 0 Å². The molecule has 66 valence electrons. The van der Waals surface area contributed by atoms with Crippen LogP contribution in [-0.2, 0) is 4.79 Å². The zero-order valence-electron chi connectivity index (χ0n) is 5.97. The summed E-state index contributed by atoms with van der Waals surface area (Å²) in [6.45, 7) is 0. The SMILES string of the molecule is O=C(CCCC(O)O)C(O)O. The minimum atomic E-state index is -1.94. The molecule has 0 aromatic rings. The van der Waals surface area contributed by atoms with Crippen LogP contribution in [0.5, 0.6) is 0 Å². The van der Waals surface area contributed by atoms with Crippen LogP contribution in [0, 0.1) is 0 Å². The molecular weight excluding hydrogens is 152 g/mol. The van der Waals surface area contributed by atoms with E-state index in [1.807, 2.05) is 0 Å². The summed E-state index contributed by atoms with van der Waals surface area (Å²) in [6, 6.07) is 0. The third-order valence-corrected chi connectivity index (χ3v) is 1.17. The molecule has 5 heteroatoms. The Morgan fingerprint density at radius 3 is 2.09 bits per heavy atom. The molecule has 0 rings (SSSR count). The summed E-state index contributed by atoms with van der Waals surface area (Å²) in [5, 5.41) is 33.2. The van der Waals surface area contributed by atoms with Gasteiger partial charge < -0.3 is 20.4 Å². The first-order chi connectivity index (χ1) is 5.04. The molecule has 0 amide bonds. The molecule has 0 aliphatic heterocycles. The van der Waals surface area contributed by atoms with Crippen molar-refractivity contribution < 1.29 is 25.2 Å². The van der Waals surface area contributed by atoms with Crippen LogP contribution in [0.3, 0.4) is 0 Å². The van der Waals surface area contributed by atoms with Crippen LogP contribution in [0.15, 0.2) is 0 Å². The number of carbonyl (C=O) groups is 1. The summed E-state index contributed by atoms with van der Waals surface area (Å²) in [7, 11) is 0. The van der Waals surface area contributed by atoms with Crippen molar-refractivity contribution in [3.63, 3.8) is 0 Å². The fraction of sp³-hybridized carbons (Fsp3) is 0.833. The fourth-order valence-corrected chi connectivity index (χ4v) is 0.588. The standard InChI is InChI=1S/C6H12O5/c7-4(6(10)11)2-1-3-5(8)9/h5-6,8-11H,1-3H2. The Morgan fingerprint density at radius 2 is 1.73 bits per heavy atom.